The lowest BCUT2D eigenvalue weighted by Gasteiger charge is -1.94. The van der Waals surface area contributed by atoms with Gasteiger partial charge in [-0.3, -0.25) is 4.79 Å². The Morgan fingerprint density at radius 1 is 1.30 bits per heavy atom. The zero-order valence-electron chi connectivity index (χ0n) is 12.3. The normalized spacial score (nSPS) is 9.80. The van der Waals surface area contributed by atoms with Crippen molar-refractivity contribution in [1.29, 1.82) is 0 Å². The molecule has 0 saturated carbocycles. The number of rotatable bonds is 4. The molecule has 1 rings (SSSR count). The zero-order chi connectivity index (χ0) is 16.2. The van der Waals surface area contributed by atoms with Crippen LogP contribution < -0.4 is 4.57 Å². The Kier molecular flexibility index (Phi) is 11.7. The van der Waals surface area contributed by atoms with Crippen molar-refractivity contribution in [3.8, 4) is 0 Å². The standard InChI is InChI=1S/C8H15N2.C3H7NO.BF4/c1-3-4-5-10-7-6-9(2)8-10;1-4(2)3-5;2-1(3,4)5/h6-8H,3-5H2,1-2H3;3H,1-2H3;/q+1;;-1. The average Bonchev–Trinajstić information content (AvgIpc) is 2.71. The number of carbonyl (C=O) groups excluding carboxylic acids is 1. The largest absolute Gasteiger partial charge is 0.673 e. The average molecular weight is 299 g/mol. The fourth-order valence-electron chi connectivity index (χ4n) is 0.975. The zero-order valence-corrected chi connectivity index (χ0v) is 12.3. The maximum atomic E-state index is 9.75. The van der Waals surface area contributed by atoms with Crippen molar-refractivity contribution < 1.29 is 26.6 Å². The number of hydrogen-bond donors (Lipinski definition) is 0. The van der Waals surface area contributed by atoms with Gasteiger partial charge < -0.3 is 22.2 Å². The molecule has 0 aromatic carbocycles. The highest BCUT2D eigenvalue weighted by atomic mass is 19.5. The van der Waals surface area contributed by atoms with E-state index in [1.165, 1.54) is 17.7 Å². The lowest BCUT2D eigenvalue weighted by atomic mass is 10.3. The lowest BCUT2D eigenvalue weighted by Crippen LogP contribution is -2.30. The summed E-state index contributed by atoms with van der Waals surface area (Å²) in [6, 6.07) is 0. The molecule has 1 heterocycles. The molecule has 0 aliphatic heterocycles. The summed E-state index contributed by atoms with van der Waals surface area (Å²) >= 11 is 0. The second-order valence-electron chi connectivity index (χ2n) is 4.23. The number of nitrogens with zero attached hydrogens (tertiary/aromatic N) is 3. The van der Waals surface area contributed by atoms with Crippen molar-refractivity contribution >= 4 is 13.7 Å². The fourth-order valence-corrected chi connectivity index (χ4v) is 0.975. The summed E-state index contributed by atoms with van der Waals surface area (Å²) in [7, 11) is -0.581. The number of unbranched alkanes of at least 4 members (excludes halogenated alkanes) is 1. The number of imidazole rings is 1. The van der Waals surface area contributed by atoms with Crippen molar-refractivity contribution in [2.24, 2.45) is 7.05 Å². The number of carbonyl (C=O) groups is 1. The Bertz CT molecular complexity index is 350. The lowest BCUT2D eigenvalue weighted by molar-refractivity contribution is -0.696. The van der Waals surface area contributed by atoms with Crippen LogP contribution in [0.3, 0.4) is 0 Å². The monoisotopic (exact) mass is 299 g/mol. The van der Waals surface area contributed by atoms with Crippen LogP contribution in [0, 0.1) is 0 Å². The Morgan fingerprint density at radius 3 is 2.00 bits per heavy atom. The third-order valence-corrected chi connectivity index (χ3v) is 1.80. The smallest absolute Gasteiger partial charge is 0.418 e. The van der Waals surface area contributed by atoms with Crippen molar-refractivity contribution in [2.45, 2.75) is 26.3 Å². The topological polar surface area (TPSA) is 29.1 Å². The van der Waals surface area contributed by atoms with Gasteiger partial charge in [-0.2, -0.15) is 0 Å². The van der Waals surface area contributed by atoms with E-state index in [1.54, 1.807) is 14.1 Å². The first-order valence-corrected chi connectivity index (χ1v) is 6.10. The van der Waals surface area contributed by atoms with Gasteiger partial charge in [-0.1, -0.05) is 13.3 Å². The van der Waals surface area contributed by atoms with E-state index >= 15 is 0 Å². The molecule has 0 aliphatic carbocycles. The van der Waals surface area contributed by atoms with Gasteiger partial charge in [-0.05, 0) is 6.42 Å². The summed E-state index contributed by atoms with van der Waals surface area (Å²) in [6.07, 6.45) is 9.57. The predicted octanol–water partition coefficient (Wildman–Crippen LogP) is 2.12. The van der Waals surface area contributed by atoms with Crippen molar-refractivity contribution in [1.82, 2.24) is 9.47 Å². The van der Waals surface area contributed by atoms with E-state index in [9.17, 15) is 22.1 Å². The van der Waals surface area contributed by atoms with Crippen LogP contribution in [-0.4, -0.2) is 37.2 Å². The molecule has 0 atom stereocenters. The molecule has 0 unspecified atom stereocenters. The summed E-state index contributed by atoms with van der Waals surface area (Å²) in [4.78, 5) is 10.9. The van der Waals surface area contributed by atoms with E-state index in [0.29, 0.717) is 0 Å². The summed E-state index contributed by atoms with van der Waals surface area (Å²) in [6.45, 7) is 3.36. The van der Waals surface area contributed by atoms with E-state index in [4.69, 9.17) is 0 Å². The van der Waals surface area contributed by atoms with Crippen LogP contribution in [0.25, 0.3) is 0 Å². The third kappa shape index (κ3) is 21.7. The quantitative estimate of drug-likeness (QED) is 0.362. The molecule has 1 aromatic heterocycles. The molecule has 0 N–H and O–H groups in total. The van der Waals surface area contributed by atoms with Crippen LogP contribution in [0.5, 0.6) is 0 Å². The Balaban J connectivity index is 0. The van der Waals surface area contributed by atoms with Gasteiger partial charge in [0.2, 0.25) is 12.7 Å². The van der Waals surface area contributed by atoms with Crippen LogP contribution in [-0.2, 0) is 18.4 Å². The van der Waals surface area contributed by atoms with E-state index in [0.717, 1.165) is 13.0 Å². The van der Waals surface area contributed by atoms with Gasteiger partial charge in [0, 0.05) is 14.1 Å². The van der Waals surface area contributed by atoms with Crippen LogP contribution in [0.4, 0.5) is 17.3 Å². The SMILES string of the molecule is CCCC[n+]1ccn(C)c1.CN(C)C=O.F[B-](F)(F)F. The number of aromatic nitrogens is 2. The van der Waals surface area contributed by atoms with Gasteiger partial charge in [0.15, 0.2) is 0 Å². The maximum Gasteiger partial charge on any atom is 0.673 e. The van der Waals surface area contributed by atoms with Crippen LogP contribution in [0.15, 0.2) is 18.7 Å². The number of amides is 1. The minimum atomic E-state index is -6.00. The molecular weight excluding hydrogens is 277 g/mol. The second-order valence-corrected chi connectivity index (χ2v) is 4.23. The molecule has 0 fully saturated rings. The molecule has 0 bridgehead atoms. The molecule has 118 valence electrons. The molecular formula is C11H22BF4N3O. The van der Waals surface area contributed by atoms with Gasteiger partial charge in [0.1, 0.15) is 12.4 Å². The van der Waals surface area contributed by atoms with Crippen molar-refractivity contribution in [3.05, 3.63) is 18.7 Å². The van der Waals surface area contributed by atoms with E-state index in [2.05, 4.69) is 34.8 Å². The van der Waals surface area contributed by atoms with Crippen molar-refractivity contribution in [2.75, 3.05) is 14.1 Å². The Morgan fingerprint density at radius 2 is 1.75 bits per heavy atom. The number of hydrogen-bond acceptors (Lipinski definition) is 1. The summed E-state index contributed by atoms with van der Waals surface area (Å²) in [5.41, 5.74) is 0. The van der Waals surface area contributed by atoms with Gasteiger partial charge in [-0.15, -0.1) is 0 Å². The highest BCUT2D eigenvalue weighted by Crippen LogP contribution is 2.06. The predicted molar refractivity (Wildman–Crippen MR) is 70.5 cm³/mol. The van der Waals surface area contributed by atoms with E-state index in [1.807, 2.05) is 7.05 Å². The highest BCUT2D eigenvalue weighted by molar-refractivity contribution is 6.50. The van der Waals surface area contributed by atoms with Gasteiger partial charge in [0.05, 0.1) is 13.6 Å². The molecule has 0 spiro atoms. The molecule has 1 amide bonds. The summed E-state index contributed by atoms with van der Waals surface area (Å²) in [5, 5.41) is 0. The minimum absolute atomic E-state index is 0.750. The Hall–Kier alpha value is -1.54. The summed E-state index contributed by atoms with van der Waals surface area (Å²) < 4.78 is 43.3. The first-order valence-electron chi connectivity index (χ1n) is 6.10. The van der Waals surface area contributed by atoms with Crippen LogP contribution >= 0.6 is 0 Å². The fraction of sp³-hybridized carbons (Fsp3) is 0.636. The molecule has 1 aromatic rings. The Labute approximate surface area is 117 Å². The minimum Gasteiger partial charge on any atom is -0.418 e. The molecule has 4 nitrogen and oxygen atoms in total. The second kappa shape index (κ2) is 11.3. The molecule has 0 radical (unpaired) electrons. The molecule has 20 heavy (non-hydrogen) atoms. The number of halogens is 4. The third-order valence-electron chi connectivity index (χ3n) is 1.80. The molecule has 0 saturated heterocycles. The van der Waals surface area contributed by atoms with Crippen LogP contribution in [0.1, 0.15) is 19.8 Å². The molecule has 9 heteroatoms. The summed E-state index contributed by atoms with van der Waals surface area (Å²) in [5.74, 6) is 0. The van der Waals surface area contributed by atoms with Gasteiger partial charge in [0.25, 0.3) is 0 Å². The van der Waals surface area contributed by atoms with Gasteiger partial charge in [-0.25, -0.2) is 9.13 Å². The van der Waals surface area contributed by atoms with Gasteiger partial charge >= 0.3 is 7.25 Å². The van der Waals surface area contributed by atoms with Crippen LogP contribution in [0.2, 0.25) is 0 Å². The molecule has 0 aliphatic rings. The first-order chi connectivity index (χ1) is 9.10. The first kappa shape index (κ1) is 20.8. The van der Waals surface area contributed by atoms with Crippen molar-refractivity contribution in [3.63, 3.8) is 0 Å². The van der Waals surface area contributed by atoms with E-state index < -0.39 is 7.25 Å². The highest BCUT2D eigenvalue weighted by Gasteiger charge is 2.20. The maximum absolute atomic E-state index is 9.75. The van der Waals surface area contributed by atoms with E-state index in [-0.39, 0.29) is 0 Å². The number of aryl methyl sites for hydroxylation is 2.